The molecule has 1 aliphatic carbocycles. The van der Waals surface area contributed by atoms with E-state index in [4.69, 9.17) is 0 Å². The van der Waals surface area contributed by atoms with Gasteiger partial charge in [0.05, 0.1) is 6.04 Å². The minimum atomic E-state index is 0.219. The third-order valence-corrected chi connectivity index (χ3v) is 4.02. The largest absolute Gasteiger partial charge is 0.298 e. The summed E-state index contributed by atoms with van der Waals surface area (Å²) in [5.41, 5.74) is 0.542. The van der Waals surface area contributed by atoms with Crippen molar-refractivity contribution in [2.24, 2.45) is 11.3 Å². The van der Waals surface area contributed by atoms with Gasteiger partial charge in [-0.05, 0) is 38.1 Å². The average molecular weight is 181 g/mol. The Bertz CT molecular complexity index is 238. The minimum absolute atomic E-state index is 0.219. The summed E-state index contributed by atoms with van der Waals surface area (Å²) in [7, 11) is 2.09. The van der Waals surface area contributed by atoms with Crippen molar-refractivity contribution < 1.29 is 4.79 Å². The van der Waals surface area contributed by atoms with Crippen LogP contribution in [0.2, 0.25) is 0 Å². The lowest BCUT2D eigenvalue weighted by Gasteiger charge is -2.14. The Balaban J connectivity index is 2.04. The highest BCUT2D eigenvalue weighted by Gasteiger charge is 2.58. The van der Waals surface area contributed by atoms with Crippen LogP contribution in [-0.4, -0.2) is 30.3 Å². The van der Waals surface area contributed by atoms with E-state index in [2.05, 4.69) is 18.9 Å². The predicted molar refractivity (Wildman–Crippen MR) is 52.5 cm³/mol. The van der Waals surface area contributed by atoms with Gasteiger partial charge in [0.25, 0.3) is 0 Å². The van der Waals surface area contributed by atoms with Crippen molar-refractivity contribution in [1.29, 1.82) is 0 Å². The number of ketones is 1. The second-order valence-corrected chi connectivity index (χ2v) is 4.92. The molecule has 1 aliphatic heterocycles. The van der Waals surface area contributed by atoms with E-state index in [0.29, 0.717) is 11.2 Å². The Labute approximate surface area is 80.3 Å². The van der Waals surface area contributed by atoms with Crippen LogP contribution in [0.3, 0.4) is 0 Å². The van der Waals surface area contributed by atoms with Crippen LogP contribution >= 0.6 is 0 Å². The fourth-order valence-electron chi connectivity index (χ4n) is 3.12. The average Bonchev–Trinajstić information content (AvgIpc) is 2.62. The molecular weight excluding hydrogens is 162 g/mol. The van der Waals surface area contributed by atoms with Crippen LogP contribution in [-0.2, 0) is 4.79 Å². The summed E-state index contributed by atoms with van der Waals surface area (Å²) in [5, 5.41) is 0. The predicted octanol–water partition coefficient (Wildman–Crippen LogP) is 1.70. The van der Waals surface area contributed by atoms with Crippen molar-refractivity contribution in [3.63, 3.8) is 0 Å². The van der Waals surface area contributed by atoms with Gasteiger partial charge in [-0.3, -0.25) is 9.69 Å². The van der Waals surface area contributed by atoms with Crippen molar-refractivity contribution in [1.82, 2.24) is 4.90 Å². The zero-order chi connectivity index (χ0) is 9.64. The number of Topliss-reactive ketones (excluding diaryl/α,β-unsaturated/α-hetero) is 1. The number of likely N-dealkylation sites (tertiary alicyclic amines) is 1. The van der Waals surface area contributed by atoms with E-state index in [0.717, 1.165) is 18.9 Å². The topological polar surface area (TPSA) is 20.3 Å². The number of nitrogens with zero attached hydrogens (tertiary/aromatic N) is 1. The molecule has 1 heterocycles. The van der Waals surface area contributed by atoms with Gasteiger partial charge in [0.2, 0.25) is 0 Å². The fourth-order valence-corrected chi connectivity index (χ4v) is 3.12. The SMILES string of the molecule is CCC1C[C@@]12C[C@@H](C(C)=O)N(C)C2. The van der Waals surface area contributed by atoms with Crippen molar-refractivity contribution in [2.75, 3.05) is 13.6 Å². The van der Waals surface area contributed by atoms with E-state index >= 15 is 0 Å². The second kappa shape index (κ2) is 2.81. The van der Waals surface area contributed by atoms with Gasteiger partial charge in [-0.25, -0.2) is 0 Å². The molecule has 1 saturated carbocycles. The van der Waals surface area contributed by atoms with Crippen LogP contribution in [0.5, 0.6) is 0 Å². The summed E-state index contributed by atoms with van der Waals surface area (Å²) in [6.07, 6.45) is 3.77. The van der Waals surface area contributed by atoms with Gasteiger partial charge in [0.15, 0.2) is 0 Å². The number of carbonyl (C=O) groups excluding carboxylic acids is 1. The summed E-state index contributed by atoms with van der Waals surface area (Å²) >= 11 is 0. The summed E-state index contributed by atoms with van der Waals surface area (Å²) in [5.74, 6) is 1.25. The molecule has 1 spiro atoms. The molecule has 2 fully saturated rings. The molecule has 3 atom stereocenters. The van der Waals surface area contributed by atoms with Crippen molar-refractivity contribution in [2.45, 2.75) is 39.2 Å². The third-order valence-electron chi connectivity index (χ3n) is 4.02. The Morgan fingerprint density at radius 2 is 2.23 bits per heavy atom. The molecule has 0 amide bonds. The Kier molecular flexibility index (Phi) is 1.99. The maximum absolute atomic E-state index is 11.3. The monoisotopic (exact) mass is 181 g/mol. The lowest BCUT2D eigenvalue weighted by atomic mass is 9.97. The third kappa shape index (κ3) is 1.32. The van der Waals surface area contributed by atoms with Gasteiger partial charge in [0.1, 0.15) is 5.78 Å². The van der Waals surface area contributed by atoms with Crippen LogP contribution in [0, 0.1) is 11.3 Å². The zero-order valence-corrected chi connectivity index (χ0v) is 8.84. The molecule has 0 aromatic rings. The second-order valence-electron chi connectivity index (χ2n) is 4.92. The number of carbonyl (C=O) groups is 1. The maximum Gasteiger partial charge on any atom is 0.146 e. The van der Waals surface area contributed by atoms with Gasteiger partial charge < -0.3 is 0 Å². The van der Waals surface area contributed by atoms with E-state index in [1.807, 2.05) is 0 Å². The molecule has 0 aromatic heterocycles. The fraction of sp³-hybridized carbons (Fsp3) is 0.909. The van der Waals surface area contributed by atoms with E-state index in [1.54, 1.807) is 6.92 Å². The standard InChI is InChI=1S/C11H19NO/c1-4-9-5-11(9)6-10(8(2)13)12(3)7-11/h9-10H,4-7H2,1-3H3/t9?,10-,11-/m0/s1. The van der Waals surface area contributed by atoms with E-state index in [-0.39, 0.29) is 6.04 Å². The van der Waals surface area contributed by atoms with E-state index in [9.17, 15) is 4.79 Å². The lowest BCUT2D eigenvalue weighted by Crippen LogP contribution is -2.30. The number of hydrogen-bond donors (Lipinski definition) is 0. The van der Waals surface area contributed by atoms with Crippen LogP contribution in [0.1, 0.15) is 33.1 Å². The quantitative estimate of drug-likeness (QED) is 0.646. The van der Waals surface area contributed by atoms with Gasteiger partial charge in [-0.2, -0.15) is 0 Å². The molecule has 2 heteroatoms. The van der Waals surface area contributed by atoms with Gasteiger partial charge in [0, 0.05) is 6.54 Å². The number of hydrogen-bond acceptors (Lipinski definition) is 2. The molecule has 0 N–H and O–H groups in total. The zero-order valence-electron chi connectivity index (χ0n) is 8.84. The summed E-state index contributed by atoms with van der Waals surface area (Å²) in [6.45, 7) is 5.14. The first-order chi connectivity index (χ1) is 6.09. The van der Waals surface area contributed by atoms with Crippen molar-refractivity contribution in [3.8, 4) is 0 Å². The molecule has 0 aromatic carbocycles. The molecule has 2 aliphatic rings. The molecular formula is C11H19NO. The highest BCUT2D eigenvalue weighted by Crippen LogP contribution is 2.61. The Morgan fingerprint density at radius 3 is 2.62 bits per heavy atom. The summed E-state index contributed by atoms with van der Waals surface area (Å²) in [4.78, 5) is 13.6. The normalized spacial score (nSPS) is 44.2. The smallest absolute Gasteiger partial charge is 0.146 e. The first-order valence-corrected chi connectivity index (χ1v) is 5.30. The molecule has 2 nitrogen and oxygen atoms in total. The van der Waals surface area contributed by atoms with Crippen LogP contribution < -0.4 is 0 Å². The van der Waals surface area contributed by atoms with Crippen molar-refractivity contribution in [3.05, 3.63) is 0 Å². The van der Waals surface area contributed by atoms with Gasteiger partial charge in [-0.1, -0.05) is 13.3 Å². The van der Waals surface area contributed by atoms with Crippen molar-refractivity contribution >= 4 is 5.78 Å². The van der Waals surface area contributed by atoms with Gasteiger partial charge in [-0.15, -0.1) is 0 Å². The molecule has 13 heavy (non-hydrogen) atoms. The summed E-state index contributed by atoms with van der Waals surface area (Å²) in [6, 6.07) is 0.219. The number of likely N-dealkylation sites (N-methyl/N-ethyl adjacent to an activating group) is 1. The first kappa shape index (κ1) is 9.20. The molecule has 74 valence electrons. The molecule has 2 rings (SSSR count). The van der Waals surface area contributed by atoms with E-state index in [1.165, 1.54) is 12.8 Å². The Hall–Kier alpha value is -0.370. The minimum Gasteiger partial charge on any atom is -0.298 e. The lowest BCUT2D eigenvalue weighted by molar-refractivity contribution is -0.120. The first-order valence-electron chi connectivity index (χ1n) is 5.30. The van der Waals surface area contributed by atoms with Gasteiger partial charge >= 0.3 is 0 Å². The molecule has 0 bridgehead atoms. The summed E-state index contributed by atoms with van der Waals surface area (Å²) < 4.78 is 0. The molecule has 0 radical (unpaired) electrons. The highest BCUT2D eigenvalue weighted by molar-refractivity contribution is 5.82. The highest BCUT2D eigenvalue weighted by atomic mass is 16.1. The van der Waals surface area contributed by atoms with Crippen LogP contribution in [0.4, 0.5) is 0 Å². The maximum atomic E-state index is 11.3. The van der Waals surface area contributed by atoms with Crippen LogP contribution in [0.15, 0.2) is 0 Å². The molecule has 1 saturated heterocycles. The Morgan fingerprint density at radius 1 is 1.54 bits per heavy atom. The van der Waals surface area contributed by atoms with E-state index < -0.39 is 0 Å². The number of rotatable bonds is 2. The van der Waals surface area contributed by atoms with Crippen LogP contribution in [0.25, 0.3) is 0 Å². The molecule has 1 unspecified atom stereocenters.